The van der Waals surface area contributed by atoms with E-state index in [4.69, 9.17) is 11.5 Å². The summed E-state index contributed by atoms with van der Waals surface area (Å²) in [7, 11) is 0. The van der Waals surface area contributed by atoms with Crippen molar-refractivity contribution in [1.82, 2.24) is 4.98 Å². The molecule has 0 unspecified atom stereocenters. The zero-order valence-corrected chi connectivity index (χ0v) is 7.27. The van der Waals surface area contributed by atoms with Crippen molar-refractivity contribution in [3.05, 3.63) is 24.5 Å². The van der Waals surface area contributed by atoms with Gasteiger partial charge in [0.1, 0.15) is 0 Å². The highest BCUT2D eigenvalue weighted by Gasteiger charge is 1.88. The fourth-order valence-corrected chi connectivity index (χ4v) is 0.855. The number of aromatic nitrogens is 1. The zero-order valence-electron chi connectivity index (χ0n) is 7.27. The lowest BCUT2D eigenvalue weighted by Gasteiger charge is -2.02. The van der Waals surface area contributed by atoms with Crippen LogP contribution >= 0.6 is 0 Å². The summed E-state index contributed by atoms with van der Waals surface area (Å²) in [6, 6.07) is 3.77. The van der Waals surface area contributed by atoms with Crippen LogP contribution < -0.4 is 16.8 Å². The Bertz CT molecular complexity index is 265. The van der Waals surface area contributed by atoms with Gasteiger partial charge in [-0.3, -0.25) is 9.98 Å². The molecule has 0 aliphatic carbocycles. The van der Waals surface area contributed by atoms with Crippen molar-refractivity contribution in [2.45, 2.75) is 0 Å². The van der Waals surface area contributed by atoms with Gasteiger partial charge < -0.3 is 16.8 Å². The summed E-state index contributed by atoms with van der Waals surface area (Å²) in [5.74, 6) is 0.122. The fourth-order valence-electron chi connectivity index (χ4n) is 0.855. The second-order valence-corrected chi connectivity index (χ2v) is 2.47. The number of anilines is 1. The van der Waals surface area contributed by atoms with E-state index in [0.717, 1.165) is 5.69 Å². The molecule has 0 bridgehead atoms. The summed E-state index contributed by atoms with van der Waals surface area (Å²) in [5.41, 5.74) is 11.3. The number of nitrogens with one attached hydrogen (secondary N) is 1. The Morgan fingerprint density at radius 3 is 2.69 bits per heavy atom. The van der Waals surface area contributed by atoms with Gasteiger partial charge in [0.05, 0.1) is 6.54 Å². The van der Waals surface area contributed by atoms with Gasteiger partial charge in [0.2, 0.25) is 0 Å². The number of hydrogen-bond acceptors (Lipinski definition) is 3. The van der Waals surface area contributed by atoms with Gasteiger partial charge in [-0.15, -0.1) is 0 Å². The van der Waals surface area contributed by atoms with Crippen LogP contribution in [0.1, 0.15) is 0 Å². The van der Waals surface area contributed by atoms with Crippen LogP contribution in [0, 0.1) is 0 Å². The van der Waals surface area contributed by atoms with E-state index in [2.05, 4.69) is 15.3 Å². The molecule has 5 nitrogen and oxygen atoms in total. The molecule has 0 radical (unpaired) electrons. The van der Waals surface area contributed by atoms with Crippen LogP contribution in [0.5, 0.6) is 0 Å². The molecule has 70 valence electrons. The summed E-state index contributed by atoms with van der Waals surface area (Å²) in [4.78, 5) is 7.73. The molecule has 0 aliphatic rings. The average molecular weight is 179 g/mol. The second kappa shape index (κ2) is 4.97. The predicted octanol–water partition coefficient (Wildman–Crippen LogP) is -0.233. The normalized spacial score (nSPS) is 9.23. The molecule has 1 aromatic heterocycles. The minimum atomic E-state index is 0.122. The predicted molar refractivity (Wildman–Crippen MR) is 53.4 cm³/mol. The smallest absolute Gasteiger partial charge is 0.185 e. The Morgan fingerprint density at radius 1 is 1.38 bits per heavy atom. The van der Waals surface area contributed by atoms with Gasteiger partial charge in [-0.2, -0.15) is 0 Å². The first-order valence-corrected chi connectivity index (χ1v) is 3.98. The van der Waals surface area contributed by atoms with Crippen LogP contribution in [0.15, 0.2) is 29.5 Å². The van der Waals surface area contributed by atoms with Gasteiger partial charge in [0.15, 0.2) is 5.96 Å². The minimum absolute atomic E-state index is 0.122. The largest absolute Gasteiger partial charge is 0.383 e. The number of nitrogens with zero attached hydrogens (tertiary/aromatic N) is 2. The molecular weight excluding hydrogens is 166 g/mol. The standard InChI is InChI=1S/C8H13N5/c9-8(10)13-6-5-12-7-1-3-11-4-2-7/h1-4H,5-6H2,(H,11,12)(H4,9,10,13). The molecule has 0 aromatic carbocycles. The first kappa shape index (κ1) is 9.31. The quantitative estimate of drug-likeness (QED) is 0.338. The maximum absolute atomic E-state index is 5.16. The summed E-state index contributed by atoms with van der Waals surface area (Å²) < 4.78 is 0. The summed E-state index contributed by atoms with van der Waals surface area (Å²) in [6.07, 6.45) is 3.45. The SMILES string of the molecule is NC(N)=NCCNc1ccncc1. The van der Waals surface area contributed by atoms with E-state index in [1.165, 1.54) is 0 Å². The average Bonchev–Trinajstić information content (AvgIpc) is 2.14. The molecule has 0 aliphatic heterocycles. The lowest BCUT2D eigenvalue weighted by Crippen LogP contribution is -2.23. The van der Waals surface area contributed by atoms with Crippen LogP contribution in [0.3, 0.4) is 0 Å². The molecule has 5 heteroatoms. The molecule has 1 heterocycles. The summed E-state index contributed by atoms with van der Waals surface area (Å²) >= 11 is 0. The maximum atomic E-state index is 5.16. The molecule has 0 saturated carbocycles. The number of nitrogens with two attached hydrogens (primary N) is 2. The Morgan fingerprint density at radius 2 is 2.08 bits per heavy atom. The second-order valence-electron chi connectivity index (χ2n) is 2.47. The first-order valence-electron chi connectivity index (χ1n) is 3.98. The van der Waals surface area contributed by atoms with Crippen molar-refractivity contribution in [1.29, 1.82) is 0 Å². The van der Waals surface area contributed by atoms with Crippen LogP contribution in [0.25, 0.3) is 0 Å². The minimum Gasteiger partial charge on any atom is -0.383 e. The Balaban J connectivity index is 2.25. The van der Waals surface area contributed by atoms with Gasteiger partial charge in [-0.25, -0.2) is 0 Å². The molecule has 5 N–H and O–H groups in total. The number of hydrogen-bond donors (Lipinski definition) is 3. The van der Waals surface area contributed by atoms with E-state index in [1.807, 2.05) is 12.1 Å². The Labute approximate surface area is 76.9 Å². The molecule has 0 spiro atoms. The van der Waals surface area contributed by atoms with E-state index >= 15 is 0 Å². The lowest BCUT2D eigenvalue weighted by molar-refractivity contribution is 1.01. The number of rotatable bonds is 4. The maximum Gasteiger partial charge on any atom is 0.185 e. The molecule has 0 atom stereocenters. The van der Waals surface area contributed by atoms with Gasteiger partial charge in [0, 0.05) is 24.6 Å². The highest BCUT2D eigenvalue weighted by molar-refractivity contribution is 5.75. The van der Waals surface area contributed by atoms with Crippen molar-refractivity contribution in [3.63, 3.8) is 0 Å². The number of pyridine rings is 1. The van der Waals surface area contributed by atoms with E-state index in [0.29, 0.717) is 13.1 Å². The number of guanidine groups is 1. The molecule has 0 amide bonds. The molecule has 1 rings (SSSR count). The molecule has 0 saturated heterocycles. The van der Waals surface area contributed by atoms with Crippen molar-refractivity contribution in [3.8, 4) is 0 Å². The lowest BCUT2D eigenvalue weighted by atomic mass is 10.4. The molecule has 0 fully saturated rings. The molecular formula is C8H13N5. The van der Waals surface area contributed by atoms with Crippen LogP contribution in [0.2, 0.25) is 0 Å². The Kier molecular flexibility index (Phi) is 3.56. The third-order valence-corrected chi connectivity index (χ3v) is 1.42. The van der Waals surface area contributed by atoms with Gasteiger partial charge in [-0.05, 0) is 12.1 Å². The van der Waals surface area contributed by atoms with Crippen LogP contribution in [-0.4, -0.2) is 24.0 Å². The third kappa shape index (κ3) is 3.95. The summed E-state index contributed by atoms with van der Waals surface area (Å²) in [6.45, 7) is 1.28. The molecule has 13 heavy (non-hydrogen) atoms. The van der Waals surface area contributed by atoms with E-state index < -0.39 is 0 Å². The van der Waals surface area contributed by atoms with E-state index in [9.17, 15) is 0 Å². The number of aliphatic imine (C=N–C) groups is 1. The highest BCUT2D eigenvalue weighted by atomic mass is 15.0. The first-order chi connectivity index (χ1) is 6.29. The van der Waals surface area contributed by atoms with Crippen molar-refractivity contribution >= 4 is 11.6 Å². The van der Waals surface area contributed by atoms with Crippen molar-refractivity contribution in [2.24, 2.45) is 16.5 Å². The van der Waals surface area contributed by atoms with Crippen molar-refractivity contribution in [2.75, 3.05) is 18.4 Å². The van der Waals surface area contributed by atoms with Crippen molar-refractivity contribution < 1.29 is 0 Å². The fraction of sp³-hybridized carbons (Fsp3) is 0.250. The topological polar surface area (TPSA) is 89.3 Å². The van der Waals surface area contributed by atoms with Gasteiger partial charge >= 0.3 is 0 Å². The van der Waals surface area contributed by atoms with Crippen LogP contribution in [0.4, 0.5) is 5.69 Å². The van der Waals surface area contributed by atoms with Crippen LogP contribution in [-0.2, 0) is 0 Å². The van der Waals surface area contributed by atoms with E-state index in [-0.39, 0.29) is 5.96 Å². The third-order valence-electron chi connectivity index (χ3n) is 1.42. The Hall–Kier alpha value is -1.78. The van der Waals surface area contributed by atoms with Gasteiger partial charge in [-0.1, -0.05) is 0 Å². The molecule has 1 aromatic rings. The van der Waals surface area contributed by atoms with Gasteiger partial charge in [0.25, 0.3) is 0 Å². The highest BCUT2D eigenvalue weighted by Crippen LogP contribution is 2.01. The van der Waals surface area contributed by atoms with E-state index in [1.54, 1.807) is 12.4 Å². The summed E-state index contributed by atoms with van der Waals surface area (Å²) in [5, 5.41) is 3.14. The monoisotopic (exact) mass is 179 g/mol. The zero-order chi connectivity index (χ0) is 9.52.